The fourth-order valence-corrected chi connectivity index (χ4v) is 6.54. The third-order valence-corrected chi connectivity index (χ3v) is 8.60. The average Bonchev–Trinajstić information content (AvgIpc) is 3.31. The molecule has 2 saturated heterocycles. The predicted octanol–water partition coefficient (Wildman–Crippen LogP) is 3.79. The molecule has 8 heteroatoms. The summed E-state index contributed by atoms with van der Waals surface area (Å²) in [6.45, 7) is 4.31. The van der Waals surface area contributed by atoms with Gasteiger partial charge in [0.05, 0.1) is 11.7 Å². The van der Waals surface area contributed by atoms with Gasteiger partial charge in [0, 0.05) is 31.2 Å². The van der Waals surface area contributed by atoms with Gasteiger partial charge in [0.15, 0.2) is 0 Å². The van der Waals surface area contributed by atoms with E-state index >= 15 is 0 Å². The number of halogens is 1. The first-order valence-corrected chi connectivity index (χ1v) is 13.7. The second-order valence-electron chi connectivity index (χ2n) is 9.05. The predicted molar refractivity (Wildman–Crippen MR) is 131 cm³/mol. The molecule has 1 atom stereocenters. The largest absolute Gasteiger partial charge is 0.352 e. The van der Waals surface area contributed by atoms with E-state index in [1.807, 2.05) is 12.1 Å². The monoisotopic (exact) mass is 489 g/mol. The highest BCUT2D eigenvalue weighted by molar-refractivity contribution is 7.88. The maximum Gasteiger partial charge on any atom is 0.224 e. The first-order chi connectivity index (χ1) is 15.9. The lowest BCUT2D eigenvalue weighted by atomic mass is 9.98. The van der Waals surface area contributed by atoms with Crippen LogP contribution in [-0.2, 0) is 33.7 Å². The second-order valence-corrected chi connectivity index (χ2v) is 11.5. The van der Waals surface area contributed by atoms with Crippen molar-refractivity contribution in [2.24, 2.45) is 5.92 Å². The Hall–Kier alpha value is -1.93. The fraction of sp³-hybridized carbons (Fsp3) is 0.480. The van der Waals surface area contributed by atoms with E-state index in [0.29, 0.717) is 36.5 Å². The van der Waals surface area contributed by atoms with E-state index in [1.54, 1.807) is 24.3 Å². The molecule has 6 nitrogen and oxygen atoms in total. The van der Waals surface area contributed by atoms with Crippen LogP contribution in [0, 0.1) is 5.92 Å². The van der Waals surface area contributed by atoms with Crippen LogP contribution in [0.4, 0.5) is 0 Å². The van der Waals surface area contributed by atoms with E-state index in [0.717, 1.165) is 25.2 Å². The Labute approximate surface area is 202 Å². The first kappa shape index (κ1) is 24.2. The maximum absolute atomic E-state index is 13.0. The summed E-state index contributed by atoms with van der Waals surface area (Å²) < 4.78 is 27.4. The van der Waals surface area contributed by atoms with E-state index in [1.165, 1.54) is 22.7 Å². The van der Waals surface area contributed by atoms with Crippen LogP contribution in [0.15, 0.2) is 48.5 Å². The molecule has 2 aliphatic heterocycles. The highest BCUT2D eigenvalue weighted by atomic mass is 35.5. The number of nitrogens with zero attached hydrogens (tertiary/aromatic N) is 2. The molecule has 0 radical (unpaired) electrons. The minimum Gasteiger partial charge on any atom is -0.352 e. The number of rotatable bonds is 8. The third kappa shape index (κ3) is 6.57. The molecule has 2 heterocycles. The lowest BCUT2D eigenvalue weighted by Gasteiger charge is -2.31. The summed E-state index contributed by atoms with van der Waals surface area (Å²) in [6, 6.07) is 15.1. The quantitative estimate of drug-likeness (QED) is 0.612. The molecule has 2 aromatic rings. The van der Waals surface area contributed by atoms with Gasteiger partial charge in [0.25, 0.3) is 0 Å². The van der Waals surface area contributed by atoms with Gasteiger partial charge in [-0.15, -0.1) is 0 Å². The number of sulfonamides is 1. The highest BCUT2D eigenvalue weighted by Crippen LogP contribution is 2.23. The van der Waals surface area contributed by atoms with Crippen LogP contribution < -0.4 is 5.32 Å². The standard InChI is InChI=1S/C25H32ClN3O3S/c26-24-11-5-7-20(15-24)19-33(31,32)29-14-6-10-23(18-29)25(30)27-16-21-8-1-2-9-22(21)17-28-12-3-4-13-28/h1-2,5,7-9,11,15,23H,3-4,6,10,12-14,16-19H2,(H,27,30). The van der Waals surface area contributed by atoms with Crippen LogP contribution in [-0.4, -0.2) is 49.7 Å². The number of likely N-dealkylation sites (tertiary alicyclic amines) is 1. The van der Waals surface area contributed by atoms with Crippen molar-refractivity contribution in [2.75, 3.05) is 26.2 Å². The Balaban J connectivity index is 1.34. The summed E-state index contributed by atoms with van der Waals surface area (Å²) in [4.78, 5) is 15.4. The van der Waals surface area contributed by atoms with Gasteiger partial charge in [-0.1, -0.05) is 48.0 Å². The van der Waals surface area contributed by atoms with Gasteiger partial charge in [-0.25, -0.2) is 12.7 Å². The number of hydrogen-bond donors (Lipinski definition) is 1. The van der Waals surface area contributed by atoms with Gasteiger partial charge in [-0.2, -0.15) is 0 Å². The second kappa shape index (κ2) is 11.0. The smallest absolute Gasteiger partial charge is 0.224 e. The molecule has 0 spiro atoms. The van der Waals surface area contributed by atoms with Crippen molar-refractivity contribution >= 4 is 27.5 Å². The minimum absolute atomic E-state index is 0.0753. The number of nitrogens with one attached hydrogen (secondary N) is 1. The van der Waals surface area contributed by atoms with Gasteiger partial charge < -0.3 is 5.32 Å². The topological polar surface area (TPSA) is 69.7 Å². The van der Waals surface area contributed by atoms with E-state index in [9.17, 15) is 13.2 Å². The molecule has 2 fully saturated rings. The van der Waals surface area contributed by atoms with Crippen molar-refractivity contribution in [3.05, 3.63) is 70.2 Å². The van der Waals surface area contributed by atoms with Crippen molar-refractivity contribution in [3.63, 3.8) is 0 Å². The third-order valence-electron chi connectivity index (χ3n) is 6.55. The number of benzene rings is 2. The van der Waals surface area contributed by atoms with Gasteiger partial charge in [0.1, 0.15) is 0 Å². The molecule has 1 N–H and O–H groups in total. The van der Waals surface area contributed by atoms with Crippen molar-refractivity contribution in [2.45, 2.75) is 44.5 Å². The Morgan fingerprint density at radius 3 is 2.52 bits per heavy atom. The van der Waals surface area contributed by atoms with E-state index < -0.39 is 10.0 Å². The highest BCUT2D eigenvalue weighted by Gasteiger charge is 2.32. The molecule has 1 unspecified atom stereocenters. The van der Waals surface area contributed by atoms with E-state index in [2.05, 4.69) is 22.3 Å². The zero-order valence-corrected chi connectivity index (χ0v) is 20.5. The average molecular weight is 490 g/mol. The van der Waals surface area contributed by atoms with Crippen LogP contribution in [0.2, 0.25) is 5.02 Å². The Bertz CT molecular complexity index is 1070. The van der Waals surface area contributed by atoms with Crippen LogP contribution in [0.25, 0.3) is 0 Å². The van der Waals surface area contributed by atoms with Crippen LogP contribution >= 0.6 is 11.6 Å². The molecule has 0 saturated carbocycles. The van der Waals surface area contributed by atoms with Crippen LogP contribution in [0.5, 0.6) is 0 Å². The van der Waals surface area contributed by atoms with Gasteiger partial charge in [0.2, 0.25) is 15.9 Å². The molecule has 0 aromatic heterocycles. The fourth-order valence-electron chi connectivity index (χ4n) is 4.73. The molecule has 4 rings (SSSR count). The molecule has 0 aliphatic carbocycles. The number of carbonyl (C=O) groups is 1. The number of amides is 1. The number of hydrogen-bond acceptors (Lipinski definition) is 4. The van der Waals surface area contributed by atoms with Gasteiger partial charge in [-0.05, 0) is 67.6 Å². The molecule has 178 valence electrons. The Morgan fingerprint density at radius 2 is 1.76 bits per heavy atom. The molecule has 0 bridgehead atoms. The summed E-state index contributed by atoms with van der Waals surface area (Å²) in [6.07, 6.45) is 3.87. The zero-order valence-electron chi connectivity index (χ0n) is 18.9. The Morgan fingerprint density at radius 1 is 1.00 bits per heavy atom. The SMILES string of the molecule is O=C(NCc1ccccc1CN1CCCC1)C1CCCN(S(=O)(=O)Cc2cccc(Cl)c2)C1. The van der Waals surface area contributed by atoms with Gasteiger partial charge >= 0.3 is 0 Å². The summed E-state index contributed by atoms with van der Waals surface area (Å²) in [7, 11) is -3.52. The molecule has 2 aliphatic rings. The molecule has 2 aromatic carbocycles. The minimum atomic E-state index is -3.52. The summed E-state index contributed by atoms with van der Waals surface area (Å²) in [5.74, 6) is -0.515. The maximum atomic E-state index is 13.0. The summed E-state index contributed by atoms with van der Waals surface area (Å²) >= 11 is 6.00. The van der Waals surface area contributed by atoms with Crippen molar-refractivity contribution in [1.29, 1.82) is 0 Å². The molecule has 33 heavy (non-hydrogen) atoms. The molecule has 1 amide bonds. The summed E-state index contributed by atoms with van der Waals surface area (Å²) in [5, 5.41) is 3.58. The van der Waals surface area contributed by atoms with Crippen molar-refractivity contribution < 1.29 is 13.2 Å². The number of piperidine rings is 1. The van der Waals surface area contributed by atoms with Crippen molar-refractivity contribution in [3.8, 4) is 0 Å². The van der Waals surface area contributed by atoms with E-state index in [-0.39, 0.29) is 24.1 Å². The molecular weight excluding hydrogens is 458 g/mol. The summed E-state index contributed by atoms with van der Waals surface area (Å²) in [5.41, 5.74) is 3.02. The van der Waals surface area contributed by atoms with E-state index in [4.69, 9.17) is 11.6 Å². The van der Waals surface area contributed by atoms with Crippen molar-refractivity contribution in [1.82, 2.24) is 14.5 Å². The normalized spacial score (nSPS) is 20.1. The Kier molecular flexibility index (Phi) is 8.07. The number of carbonyl (C=O) groups excluding carboxylic acids is 1. The van der Waals surface area contributed by atoms with Crippen LogP contribution in [0.1, 0.15) is 42.4 Å². The lowest BCUT2D eigenvalue weighted by molar-refractivity contribution is -0.126. The van der Waals surface area contributed by atoms with Crippen LogP contribution in [0.3, 0.4) is 0 Å². The zero-order chi connectivity index (χ0) is 23.3. The molecular formula is C25H32ClN3O3S. The first-order valence-electron chi connectivity index (χ1n) is 11.7. The lowest BCUT2D eigenvalue weighted by Crippen LogP contribution is -2.45. The van der Waals surface area contributed by atoms with Gasteiger partial charge in [-0.3, -0.25) is 9.69 Å².